The molecule has 0 aliphatic heterocycles. The van der Waals surface area contributed by atoms with Crippen molar-refractivity contribution in [2.24, 2.45) is 0 Å². The zero-order chi connectivity index (χ0) is 20.5. The Balaban J connectivity index is 1.63. The van der Waals surface area contributed by atoms with E-state index in [2.05, 4.69) is 10.3 Å². The third-order valence-electron chi connectivity index (χ3n) is 4.71. The van der Waals surface area contributed by atoms with Gasteiger partial charge in [-0.05, 0) is 50.2 Å². The number of hydrogen-bond acceptors (Lipinski definition) is 6. The monoisotopic (exact) mass is 390 g/mol. The molecule has 0 aliphatic carbocycles. The van der Waals surface area contributed by atoms with E-state index in [0.29, 0.717) is 34.4 Å². The lowest BCUT2D eigenvalue weighted by Crippen LogP contribution is -2.23. The highest BCUT2D eigenvalue weighted by molar-refractivity contribution is 5.98. The fourth-order valence-corrected chi connectivity index (χ4v) is 3.04. The van der Waals surface area contributed by atoms with E-state index >= 15 is 0 Å². The molecule has 3 heterocycles. The van der Waals surface area contributed by atoms with E-state index < -0.39 is 5.63 Å². The van der Waals surface area contributed by atoms with E-state index in [1.54, 1.807) is 37.4 Å². The molecule has 0 atom stereocenters. The van der Waals surface area contributed by atoms with Gasteiger partial charge < -0.3 is 19.3 Å². The summed E-state index contributed by atoms with van der Waals surface area (Å²) in [7, 11) is 0. The number of carbonyl (C=O) groups excluding carboxylic acids is 1. The van der Waals surface area contributed by atoms with Crippen molar-refractivity contribution in [1.29, 1.82) is 0 Å². The van der Waals surface area contributed by atoms with Crippen LogP contribution >= 0.6 is 0 Å². The molecule has 0 bridgehead atoms. The maximum absolute atomic E-state index is 12.5. The number of hydrogen-bond donors (Lipinski definition) is 2. The summed E-state index contributed by atoms with van der Waals surface area (Å²) in [5.41, 5.74) is 1.69. The Morgan fingerprint density at radius 3 is 2.69 bits per heavy atom. The minimum Gasteiger partial charge on any atom is -0.507 e. The van der Waals surface area contributed by atoms with Gasteiger partial charge in [0.15, 0.2) is 11.5 Å². The molecule has 0 radical (unpaired) electrons. The molecule has 1 aromatic carbocycles. The van der Waals surface area contributed by atoms with Gasteiger partial charge in [-0.15, -0.1) is 0 Å². The first-order valence-electron chi connectivity index (χ1n) is 8.99. The summed E-state index contributed by atoms with van der Waals surface area (Å²) < 4.78 is 11.1. The standard InChI is InChI=1S/C22H18N2O5/c1-12-19(25)13(2)22(27)29-20(12)18-10-15-9-14(6-7-17(15)28-18)21(26)24-11-16-5-3-4-8-23-16/h3-10,25H,11H2,1-2H3,(H,24,26). The Bertz CT molecular complexity index is 1270. The molecule has 4 aromatic rings. The van der Waals surface area contributed by atoms with Crippen molar-refractivity contribution < 1.29 is 18.7 Å². The fourth-order valence-electron chi connectivity index (χ4n) is 3.04. The van der Waals surface area contributed by atoms with Gasteiger partial charge in [-0.3, -0.25) is 9.78 Å². The van der Waals surface area contributed by atoms with Crippen molar-refractivity contribution in [2.45, 2.75) is 20.4 Å². The number of nitrogens with zero attached hydrogens (tertiary/aromatic N) is 1. The quantitative estimate of drug-likeness (QED) is 0.550. The van der Waals surface area contributed by atoms with Gasteiger partial charge in [0.1, 0.15) is 11.3 Å². The van der Waals surface area contributed by atoms with E-state index in [1.165, 1.54) is 6.92 Å². The Kier molecular flexibility index (Phi) is 4.64. The van der Waals surface area contributed by atoms with Gasteiger partial charge >= 0.3 is 5.63 Å². The third-order valence-corrected chi connectivity index (χ3v) is 4.71. The van der Waals surface area contributed by atoms with Gasteiger partial charge in [0.25, 0.3) is 5.91 Å². The van der Waals surface area contributed by atoms with Gasteiger partial charge in [-0.1, -0.05) is 6.07 Å². The van der Waals surface area contributed by atoms with Crippen molar-refractivity contribution >= 4 is 16.9 Å². The number of benzene rings is 1. The number of aromatic nitrogens is 1. The van der Waals surface area contributed by atoms with Crippen LogP contribution in [0.2, 0.25) is 0 Å². The molecular formula is C22H18N2O5. The number of amides is 1. The van der Waals surface area contributed by atoms with Crippen LogP contribution in [0.1, 0.15) is 27.2 Å². The van der Waals surface area contributed by atoms with Crippen LogP contribution in [0.4, 0.5) is 0 Å². The Morgan fingerprint density at radius 1 is 1.10 bits per heavy atom. The maximum atomic E-state index is 12.5. The zero-order valence-electron chi connectivity index (χ0n) is 15.9. The summed E-state index contributed by atoms with van der Waals surface area (Å²) in [4.78, 5) is 28.5. The Morgan fingerprint density at radius 2 is 1.93 bits per heavy atom. The van der Waals surface area contributed by atoms with Gasteiger partial charge in [0.05, 0.1) is 17.8 Å². The number of furan rings is 1. The van der Waals surface area contributed by atoms with Crippen LogP contribution in [-0.4, -0.2) is 16.0 Å². The van der Waals surface area contributed by atoms with Crippen molar-refractivity contribution in [3.63, 3.8) is 0 Å². The second kappa shape index (κ2) is 7.27. The van der Waals surface area contributed by atoms with E-state index in [1.807, 2.05) is 18.2 Å². The minimum atomic E-state index is -0.627. The molecule has 3 aromatic heterocycles. The van der Waals surface area contributed by atoms with Gasteiger partial charge in [-0.2, -0.15) is 0 Å². The molecule has 7 nitrogen and oxygen atoms in total. The van der Waals surface area contributed by atoms with E-state index in [4.69, 9.17) is 8.83 Å². The second-order valence-corrected chi connectivity index (χ2v) is 6.68. The molecule has 2 N–H and O–H groups in total. The minimum absolute atomic E-state index is 0.119. The highest BCUT2D eigenvalue weighted by atomic mass is 16.4. The molecular weight excluding hydrogens is 372 g/mol. The predicted molar refractivity (Wildman–Crippen MR) is 107 cm³/mol. The van der Waals surface area contributed by atoms with E-state index in [-0.39, 0.29) is 23.0 Å². The summed E-state index contributed by atoms with van der Waals surface area (Å²) in [6.45, 7) is 3.46. The van der Waals surface area contributed by atoms with Crippen LogP contribution in [-0.2, 0) is 6.54 Å². The predicted octanol–water partition coefficient (Wildman–Crippen LogP) is 3.70. The first kappa shape index (κ1) is 18.5. The average molecular weight is 390 g/mol. The molecule has 7 heteroatoms. The highest BCUT2D eigenvalue weighted by Crippen LogP contribution is 2.33. The summed E-state index contributed by atoms with van der Waals surface area (Å²) >= 11 is 0. The summed E-state index contributed by atoms with van der Waals surface area (Å²) in [6.07, 6.45) is 1.67. The maximum Gasteiger partial charge on any atom is 0.343 e. The number of nitrogens with one attached hydrogen (secondary N) is 1. The normalized spacial score (nSPS) is 11.0. The number of carbonyl (C=O) groups is 1. The number of rotatable bonds is 4. The van der Waals surface area contributed by atoms with Crippen LogP contribution in [0.15, 0.2) is 62.3 Å². The molecule has 1 amide bonds. The molecule has 146 valence electrons. The molecule has 0 unspecified atom stereocenters. The molecule has 29 heavy (non-hydrogen) atoms. The molecule has 0 saturated carbocycles. The average Bonchev–Trinajstić information content (AvgIpc) is 3.16. The summed E-state index contributed by atoms with van der Waals surface area (Å²) in [5, 5.41) is 13.6. The molecule has 4 rings (SSSR count). The van der Waals surface area contributed by atoms with Crippen LogP contribution in [0.5, 0.6) is 5.75 Å². The molecule has 0 saturated heterocycles. The van der Waals surface area contributed by atoms with Crippen LogP contribution in [0.3, 0.4) is 0 Å². The second-order valence-electron chi connectivity index (χ2n) is 6.68. The Hall–Kier alpha value is -3.87. The summed E-state index contributed by atoms with van der Waals surface area (Å²) in [6, 6.07) is 12.2. The van der Waals surface area contributed by atoms with Crippen LogP contribution < -0.4 is 10.9 Å². The largest absolute Gasteiger partial charge is 0.507 e. The van der Waals surface area contributed by atoms with Crippen LogP contribution in [0.25, 0.3) is 22.5 Å². The third kappa shape index (κ3) is 3.50. The highest BCUT2D eigenvalue weighted by Gasteiger charge is 2.18. The zero-order valence-corrected chi connectivity index (χ0v) is 15.9. The molecule has 0 spiro atoms. The van der Waals surface area contributed by atoms with Crippen molar-refractivity contribution in [3.05, 3.63) is 81.5 Å². The summed E-state index contributed by atoms with van der Waals surface area (Å²) in [5.74, 6) is 0.105. The van der Waals surface area contributed by atoms with E-state index in [9.17, 15) is 14.7 Å². The molecule has 0 fully saturated rings. The van der Waals surface area contributed by atoms with Gasteiger partial charge in [0, 0.05) is 22.7 Å². The number of fused-ring (bicyclic) bond motifs is 1. The lowest BCUT2D eigenvalue weighted by molar-refractivity contribution is 0.0950. The van der Waals surface area contributed by atoms with Gasteiger partial charge in [0.2, 0.25) is 0 Å². The van der Waals surface area contributed by atoms with Crippen molar-refractivity contribution in [2.75, 3.05) is 0 Å². The molecule has 0 aliphatic rings. The number of aromatic hydroxyl groups is 1. The first-order chi connectivity index (χ1) is 13.9. The van der Waals surface area contributed by atoms with Crippen LogP contribution in [0, 0.1) is 13.8 Å². The lowest BCUT2D eigenvalue weighted by atomic mass is 10.1. The Labute approximate surface area is 165 Å². The number of pyridine rings is 1. The topological polar surface area (TPSA) is 106 Å². The fraction of sp³-hybridized carbons (Fsp3) is 0.136. The SMILES string of the molecule is Cc1c(-c2cc3cc(C(=O)NCc4ccccn4)ccc3o2)oc(=O)c(C)c1O. The smallest absolute Gasteiger partial charge is 0.343 e. The van der Waals surface area contributed by atoms with E-state index in [0.717, 1.165) is 5.69 Å². The lowest BCUT2D eigenvalue weighted by Gasteiger charge is -2.05. The van der Waals surface area contributed by atoms with Crippen molar-refractivity contribution in [1.82, 2.24) is 10.3 Å². The van der Waals surface area contributed by atoms with Crippen molar-refractivity contribution in [3.8, 4) is 17.3 Å². The first-order valence-corrected chi connectivity index (χ1v) is 8.99. The van der Waals surface area contributed by atoms with Gasteiger partial charge in [-0.25, -0.2) is 4.79 Å².